The van der Waals surface area contributed by atoms with E-state index in [1.54, 1.807) is 30.3 Å². The molecule has 1 heterocycles. The second-order valence-corrected chi connectivity index (χ2v) is 10.3. The molecule has 6 nitrogen and oxygen atoms in total. The van der Waals surface area contributed by atoms with Crippen LogP contribution in [0.15, 0.2) is 35.2 Å². The van der Waals surface area contributed by atoms with E-state index in [1.807, 2.05) is 0 Å². The minimum Gasteiger partial charge on any atom is -0.465 e. The Balaban J connectivity index is 1.65. The summed E-state index contributed by atoms with van der Waals surface area (Å²) >= 11 is 1.43. The Kier molecular flexibility index (Phi) is 7.08. The number of hydrogen-bond donors (Lipinski definition) is 1. The molecule has 2 aromatic rings. The Morgan fingerprint density at radius 1 is 1.10 bits per heavy atom. The predicted molar refractivity (Wildman–Crippen MR) is 113 cm³/mol. The average Bonchev–Trinajstić information content (AvgIpc) is 2.88. The fourth-order valence-corrected chi connectivity index (χ4v) is 6.13. The van der Waals surface area contributed by atoms with Gasteiger partial charge in [-0.2, -0.15) is 0 Å². The van der Waals surface area contributed by atoms with Gasteiger partial charge in [0.2, 0.25) is 5.91 Å². The molecule has 8 heteroatoms. The minimum atomic E-state index is -3.41. The molecular formula is C21H25NO5S2. The molecule has 0 unspecified atom stereocenters. The summed E-state index contributed by atoms with van der Waals surface area (Å²) in [6.07, 6.45) is 5.19. The SMILES string of the molecule is COC(=O)c1c(NC(=O)CCCS(=O)(=O)c2ccccc2)sc2c1CCCCC2. The zero-order valence-corrected chi connectivity index (χ0v) is 18.0. The second-order valence-electron chi connectivity index (χ2n) is 7.04. The maximum absolute atomic E-state index is 12.4. The second kappa shape index (κ2) is 9.54. The van der Waals surface area contributed by atoms with E-state index >= 15 is 0 Å². The van der Waals surface area contributed by atoms with Crippen LogP contribution in [0, 0.1) is 0 Å². The molecule has 0 radical (unpaired) electrons. The highest BCUT2D eigenvalue weighted by Crippen LogP contribution is 2.38. The van der Waals surface area contributed by atoms with Gasteiger partial charge in [-0.25, -0.2) is 13.2 Å². The van der Waals surface area contributed by atoms with Crippen molar-refractivity contribution in [3.8, 4) is 0 Å². The first kappa shape index (κ1) is 21.5. The third kappa shape index (κ3) is 5.25. The number of carbonyl (C=O) groups is 2. The fraction of sp³-hybridized carbons (Fsp3) is 0.429. The molecule has 1 amide bonds. The van der Waals surface area contributed by atoms with Crippen molar-refractivity contribution < 1.29 is 22.7 Å². The lowest BCUT2D eigenvalue weighted by Crippen LogP contribution is -2.16. The Morgan fingerprint density at radius 2 is 1.83 bits per heavy atom. The number of rotatable bonds is 7. The van der Waals surface area contributed by atoms with Crippen LogP contribution >= 0.6 is 11.3 Å². The number of carbonyl (C=O) groups excluding carboxylic acids is 2. The number of methoxy groups -OCH3 is 1. The van der Waals surface area contributed by atoms with Gasteiger partial charge in [-0.3, -0.25) is 4.79 Å². The van der Waals surface area contributed by atoms with Crippen LogP contribution in [0.25, 0.3) is 0 Å². The van der Waals surface area contributed by atoms with Gasteiger partial charge in [0.1, 0.15) is 5.00 Å². The molecule has 1 aliphatic rings. The maximum Gasteiger partial charge on any atom is 0.341 e. The van der Waals surface area contributed by atoms with Gasteiger partial charge in [-0.05, 0) is 49.8 Å². The van der Waals surface area contributed by atoms with Gasteiger partial charge < -0.3 is 10.1 Å². The lowest BCUT2D eigenvalue weighted by atomic mass is 10.1. The number of amides is 1. The average molecular weight is 436 g/mol. The van der Waals surface area contributed by atoms with Crippen molar-refractivity contribution >= 4 is 38.1 Å². The highest BCUT2D eigenvalue weighted by molar-refractivity contribution is 7.91. The largest absolute Gasteiger partial charge is 0.465 e. The Hall–Kier alpha value is -2.19. The van der Waals surface area contributed by atoms with Crippen LogP contribution < -0.4 is 5.32 Å². The summed E-state index contributed by atoms with van der Waals surface area (Å²) in [5.74, 6) is -0.837. The van der Waals surface area contributed by atoms with Crippen LogP contribution in [0.1, 0.15) is 52.9 Å². The molecule has 1 aromatic heterocycles. The molecule has 1 aromatic carbocycles. The summed E-state index contributed by atoms with van der Waals surface area (Å²) in [6, 6.07) is 8.21. The van der Waals surface area contributed by atoms with Gasteiger partial charge in [-0.15, -0.1) is 11.3 Å². The summed E-state index contributed by atoms with van der Waals surface area (Å²) < 4.78 is 29.6. The zero-order valence-electron chi connectivity index (χ0n) is 16.4. The number of aryl methyl sites for hydroxylation is 1. The molecule has 0 saturated carbocycles. The van der Waals surface area contributed by atoms with Crippen LogP contribution in [0.2, 0.25) is 0 Å². The van der Waals surface area contributed by atoms with Gasteiger partial charge in [-0.1, -0.05) is 24.6 Å². The third-order valence-electron chi connectivity index (χ3n) is 4.98. The van der Waals surface area contributed by atoms with E-state index in [-0.39, 0.29) is 29.4 Å². The predicted octanol–water partition coefficient (Wildman–Crippen LogP) is 4.00. The summed E-state index contributed by atoms with van der Waals surface area (Å²) in [6.45, 7) is 0. The lowest BCUT2D eigenvalue weighted by Gasteiger charge is -2.08. The van der Waals surface area contributed by atoms with Crippen LogP contribution in [0.4, 0.5) is 5.00 Å². The summed E-state index contributed by atoms with van der Waals surface area (Å²) in [5.41, 5.74) is 1.45. The molecule has 29 heavy (non-hydrogen) atoms. The van der Waals surface area contributed by atoms with Crippen LogP contribution in [0.5, 0.6) is 0 Å². The number of hydrogen-bond acceptors (Lipinski definition) is 6. The van der Waals surface area contributed by atoms with Crippen LogP contribution in [0.3, 0.4) is 0 Å². The molecule has 0 aliphatic heterocycles. The smallest absolute Gasteiger partial charge is 0.341 e. The molecule has 0 bridgehead atoms. The van der Waals surface area contributed by atoms with Crippen molar-refractivity contribution in [2.45, 2.75) is 49.8 Å². The lowest BCUT2D eigenvalue weighted by molar-refractivity contribution is -0.116. The van der Waals surface area contributed by atoms with E-state index in [0.29, 0.717) is 10.6 Å². The van der Waals surface area contributed by atoms with Gasteiger partial charge in [0.15, 0.2) is 9.84 Å². The maximum atomic E-state index is 12.4. The highest BCUT2D eigenvalue weighted by Gasteiger charge is 2.26. The molecule has 1 N–H and O–H groups in total. The first-order valence-corrected chi connectivity index (χ1v) is 12.2. The first-order valence-electron chi connectivity index (χ1n) is 9.73. The van der Waals surface area contributed by atoms with Crippen LogP contribution in [-0.4, -0.2) is 33.2 Å². The van der Waals surface area contributed by atoms with Crippen molar-refractivity contribution in [1.29, 1.82) is 0 Å². The van der Waals surface area contributed by atoms with Gasteiger partial charge in [0.25, 0.3) is 0 Å². The van der Waals surface area contributed by atoms with Gasteiger partial charge >= 0.3 is 5.97 Å². The van der Waals surface area contributed by atoms with Crippen molar-refractivity contribution in [3.63, 3.8) is 0 Å². The molecule has 156 valence electrons. The Labute approximate surface area is 175 Å². The topological polar surface area (TPSA) is 89.5 Å². The number of thiophene rings is 1. The van der Waals surface area contributed by atoms with Crippen molar-refractivity contribution in [2.75, 3.05) is 18.2 Å². The van der Waals surface area contributed by atoms with Crippen molar-refractivity contribution in [1.82, 2.24) is 0 Å². The monoisotopic (exact) mass is 435 g/mol. The zero-order chi connectivity index (χ0) is 20.9. The van der Waals surface area contributed by atoms with Crippen molar-refractivity contribution in [2.24, 2.45) is 0 Å². The van der Waals surface area contributed by atoms with E-state index < -0.39 is 15.8 Å². The van der Waals surface area contributed by atoms with E-state index in [1.165, 1.54) is 18.4 Å². The molecule has 0 atom stereocenters. The van der Waals surface area contributed by atoms with E-state index in [9.17, 15) is 18.0 Å². The number of sulfone groups is 1. The minimum absolute atomic E-state index is 0.0647. The number of esters is 1. The quantitative estimate of drug-likeness (QED) is 0.525. The molecule has 3 rings (SSSR count). The number of ether oxygens (including phenoxy) is 1. The summed E-state index contributed by atoms with van der Waals surface area (Å²) in [5, 5.41) is 3.33. The molecule has 0 fully saturated rings. The van der Waals surface area contributed by atoms with Crippen LogP contribution in [-0.2, 0) is 32.2 Å². The molecule has 0 spiro atoms. The summed E-state index contributed by atoms with van der Waals surface area (Å²) in [4.78, 5) is 26.1. The Bertz CT molecular complexity index is 980. The highest BCUT2D eigenvalue weighted by atomic mass is 32.2. The standard InChI is InChI=1S/C21H25NO5S2/c1-27-21(24)19-16-11-6-3-7-12-17(16)28-20(19)22-18(23)13-8-14-29(25,26)15-9-4-2-5-10-15/h2,4-5,9-10H,3,6-8,11-14H2,1H3,(H,22,23). The number of benzene rings is 1. The molecular weight excluding hydrogens is 410 g/mol. The van der Waals surface area contributed by atoms with Gasteiger partial charge in [0, 0.05) is 11.3 Å². The number of fused-ring (bicyclic) bond motifs is 1. The first-order chi connectivity index (χ1) is 13.9. The molecule has 0 saturated heterocycles. The molecule has 1 aliphatic carbocycles. The third-order valence-corrected chi connectivity index (χ3v) is 8.01. The van der Waals surface area contributed by atoms with Crippen molar-refractivity contribution in [3.05, 3.63) is 46.3 Å². The Morgan fingerprint density at radius 3 is 2.55 bits per heavy atom. The number of anilines is 1. The van der Waals surface area contributed by atoms with E-state index in [2.05, 4.69) is 5.32 Å². The fourth-order valence-electron chi connectivity index (χ4n) is 3.51. The normalized spacial score (nSPS) is 14.0. The summed E-state index contributed by atoms with van der Waals surface area (Å²) in [7, 11) is -2.08. The van der Waals surface area contributed by atoms with E-state index in [4.69, 9.17) is 4.74 Å². The van der Waals surface area contributed by atoms with E-state index in [0.717, 1.165) is 42.5 Å². The van der Waals surface area contributed by atoms with Gasteiger partial charge in [0.05, 0.1) is 23.3 Å². The number of nitrogens with one attached hydrogen (secondary N) is 1.